The third kappa shape index (κ3) is 4.35. The second kappa shape index (κ2) is 8.22. The van der Waals surface area contributed by atoms with Gasteiger partial charge in [-0.3, -0.25) is 14.4 Å². The van der Waals surface area contributed by atoms with Crippen LogP contribution in [0.4, 0.5) is 0 Å². The van der Waals surface area contributed by atoms with E-state index in [-0.39, 0.29) is 30.1 Å². The number of benzene rings is 1. The zero-order valence-electron chi connectivity index (χ0n) is 14.8. The van der Waals surface area contributed by atoms with Gasteiger partial charge in [0.15, 0.2) is 0 Å². The van der Waals surface area contributed by atoms with Crippen molar-refractivity contribution in [1.82, 2.24) is 24.9 Å². The van der Waals surface area contributed by atoms with Crippen molar-refractivity contribution in [3.8, 4) is 11.3 Å². The first-order chi connectivity index (χ1) is 13.1. The van der Waals surface area contributed by atoms with Crippen LogP contribution in [0.15, 0.2) is 70.4 Å². The molecular weight excluding hydrogens is 346 g/mol. The number of nitrogens with zero attached hydrogens (tertiary/aromatic N) is 4. The van der Waals surface area contributed by atoms with Gasteiger partial charge in [-0.25, -0.2) is 9.36 Å². The van der Waals surface area contributed by atoms with Crippen molar-refractivity contribution in [3.05, 3.63) is 81.5 Å². The van der Waals surface area contributed by atoms with E-state index >= 15 is 0 Å². The summed E-state index contributed by atoms with van der Waals surface area (Å²) < 4.78 is 2.41. The molecule has 0 aliphatic carbocycles. The van der Waals surface area contributed by atoms with E-state index in [0.29, 0.717) is 5.69 Å². The normalized spacial score (nSPS) is 11.7. The van der Waals surface area contributed by atoms with Crippen LogP contribution < -0.4 is 16.4 Å². The van der Waals surface area contributed by atoms with Crippen molar-refractivity contribution in [1.29, 1.82) is 0 Å². The Morgan fingerprint density at radius 1 is 1.04 bits per heavy atom. The van der Waals surface area contributed by atoms with Gasteiger partial charge in [0.05, 0.1) is 12.2 Å². The number of aromatic nitrogens is 4. The Balaban J connectivity index is 1.70. The van der Waals surface area contributed by atoms with Crippen LogP contribution in [0.1, 0.15) is 13.0 Å². The van der Waals surface area contributed by atoms with E-state index in [0.717, 1.165) is 10.2 Å². The number of hydrogen-bond acceptors (Lipinski definition) is 5. The monoisotopic (exact) mass is 365 g/mol. The molecule has 3 aromatic rings. The van der Waals surface area contributed by atoms with Gasteiger partial charge in [-0.05, 0) is 19.1 Å². The van der Waals surface area contributed by atoms with E-state index in [1.807, 2.05) is 30.3 Å². The molecule has 2 heterocycles. The molecule has 0 aliphatic rings. The highest BCUT2D eigenvalue weighted by Gasteiger charge is 2.17. The van der Waals surface area contributed by atoms with E-state index in [9.17, 15) is 14.4 Å². The lowest BCUT2D eigenvalue weighted by molar-refractivity contribution is -0.124. The average molecular weight is 365 g/mol. The Bertz CT molecular complexity index is 1040. The fraction of sp³-hybridized carbons (Fsp3) is 0.211. The van der Waals surface area contributed by atoms with Gasteiger partial charge in [0, 0.05) is 30.4 Å². The minimum Gasteiger partial charge on any atom is -0.352 e. The van der Waals surface area contributed by atoms with Crippen molar-refractivity contribution >= 4 is 5.91 Å². The van der Waals surface area contributed by atoms with Crippen LogP contribution in [0.3, 0.4) is 0 Å². The van der Waals surface area contributed by atoms with Crippen LogP contribution in [-0.4, -0.2) is 32.0 Å². The zero-order chi connectivity index (χ0) is 19.2. The maximum absolute atomic E-state index is 12.4. The van der Waals surface area contributed by atoms with E-state index in [1.165, 1.54) is 23.0 Å². The van der Waals surface area contributed by atoms with Crippen LogP contribution in [-0.2, 0) is 11.3 Å². The molecule has 1 unspecified atom stereocenters. The quantitative estimate of drug-likeness (QED) is 0.698. The van der Waals surface area contributed by atoms with Gasteiger partial charge in [0.2, 0.25) is 5.91 Å². The summed E-state index contributed by atoms with van der Waals surface area (Å²) in [5.74, 6) is -0.362. The topological polar surface area (TPSA) is 98.9 Å². The maximum atomic E-state index is 12.4. The van der Waals surface area contributed by atoms with Crippen molar-refractivity contribution in [2.75, 3.05) is 6.54 Å². The molecule has 0 saturated heterocycles. The van der Waals surface area contributed by atoms with Crippen LogP contribution in [0.25, 0.3) is 11.3 Å². The second-order valence-corrected chi connectivity index (χ2v) is 5.92. The fourth-order valence-corrected chi connectivity index (χ4v) is 2.56. The predicted octanol–water partition coefficient (Wildman–Crippen LogP) is 0.844. The van der Waals surface area contributed by atoms with Crippen LogP contribution in [0, 0.1) is 0 Å². The minimum absolute atomic E-state index is 0.215. The van der Waals surface area contributed by atoms with Gasteiger partial charge in [0.25, 0.3) is 11.1 Å². The molecule has 27 heavy (non-hydrogen) atoms. The van der Waals surface area contributed by atoms with E-state index in [2.05, 4.69) is 15.5 Å². The molecule has 138 valence electrons. The Kier molecular flexibility index (Phi) is 5.55. The summed E-state index contributed by atoms with van der Waals surface area (Å²) in [6.07, 6.45) is 1.50. The summed E-state index contributed by atoms with van der Waals surface area (Å²) in [5, 5.41) is 10.9. The molecule has 8 nitrogen and oxygen atoms in total. The first kappa shape index (κ1) is 18.2. The third-order valence-electron chi connectivity index (χ3n) is 4.05. The van der Waals surface area contributed by atoms with Gasteiger partial charge in [-0.2, -0.15) is 10.2 Å². The highest BCUT2D eigenvalue weighted by molar-refractivity contribution is 5.79. The molecule has 0 spiro atoms. The standard InChI is InChI=1S/C19H19N5O3/c1-14(19(27)20-12-13-23-17(25)8-5-11-21-23)24-18(26)10-9-16(22-24)15-6-3-2-4-7-15/h2-11,14H,12-13H2,1H3,(H,20,27). The lowest BCUT2D eigenvalue weighted by Gasteiger charge is -2.15. The van der Waals surface area contributed by atoms with Crippen LogP contribution >= 0.6 is 0 Å². The number of carbonyl (C=O) groups is 1. The molecule has 8 heteroatoms. The molecule has 0 aliphatic heterocycles. The largest absolute Gasteiger partial charge is 0.352 e. The summed E-state index contributed by atoms with van der Waals surface area (Å²) in [6.45, 7) is 2.06. The van der Waals surface area contributed by atoms with Gasteiger partial charge in [-0.1, -0.05) is 30.3 Å². The van der Waals surface area contributed by atoms with Gasteiger partial charge < -0.3 is 5.32 Å². The lowest BCUT2D eigenvalue weighted by atomic mass is 10.1. The molecule has 0 bridgehead atoms. The molecule has 0 fully saturated rings. The van der Waals surface area contributed by atoms with Crippen molar-refractivity contribution in [3.63, 3.8) is 0 Å². The number of nitrogens with one attached hydrogen (secondary N) is 1. The Morgan fingerprint density at radius 2 is 1.81 bits per heavy atom. The summed E-state index contributed by atoms with van der Waals surface area (Å²) in [4.78, 5) is 36.2. The fourth-order valence-electron chi connectivity index (χ4n) is 2.56. The molecule has 1 N–H and O–H groups in total. The summed E-state index contributed by atoms with van der Waals surface area (Å²) in [7, 11) is 0. The van der Waals surface area contributed by atoms with Gasteiger partial charge in [0.1, 0.15) is 6.04 Å². The van der Waals surface area contributed by atoms with Crippen molar-refractivity contribution in [2.45, 2.75) is 19.5 Å². The Hall–Kier alpha value is -3.55. The first-order valence-electron chi connectivity index (χ1n) is 8.51. The summed E-state index contributed by atoms with van der Waals surface area (Å²) in [6, 6.07) is 14.6. The Labute approximate surface area is 155 Å². The highest BCUT2D eigenvalue weighted by atomic mass is 16.2. The van der Waals surface area contributed by atoms with Gasteiger partial charge in [-0.15, -0.1) is 0 Å². The molecule has 1 amide bonds. The lowest BCUT2D eigenvalue weighted by Crippen LogP contribution is -2.39. The number of hydrogen-bond donors (Lipinski definition) is 1. The minimum atomic E-state index is -0.790. The second-order valence-electron chi connectivity index (χ2n) is 5.92. The van der Waals surface area contributed by atoms with Crippen LogP contribution in [0.5, 0.6) is 0 Å². The van der Waals surface area contributed by atoms with E-state index in [1.54, 1.807) is 19.1 Å². The van der Waals surface area contributed by atoms with Crippen molar-refractivity contribution in [2.24, 2.45) is 0 Å². The first-order valence-corrected chi connectivity index (χ1v) is 8.51. The maximum Gasteiger partial charge on any atom is 0.267 e. The van der Waals surface area contributed by atoms with E-state index < -0.39 is 6.04 Å². The summed E-state index contributed by atoms with van der Waals surface area (Å²) in [5.41, 5.74) is 0.856. The summed E-state index contributed by atoms with van der Waals surface area (Å²) >= 11 is 0. The number of rotatable bonds is 6. The van der Waals surface area contributed by atoms with Crippen molar-refractivity contribution < 1.29 is 4.79 Å². The van der Waals surface area contributed by atoms with Crippen LogP contribution in [0.2, 0.25) is 0 Å². The SMILES string of the molecule is CC(C(=O)NCCn1ncccc1=O)n1nc(-c2ccccc2)ccc1=O. The predicted molar refractivity (Wildman–Crippen MR) is 100 cm³/mol. The molecule has 0 saturated carbocycles. The molecule has 0 radical (unpaired) electrons. The average Bonchev–Trinajstić information content (AvgIpc) is 2.70. The third-order valence-corrected chi connectivity index (χ3v) is 4.05. The highest BCUT2D eigenvalue weighted by Crippen LogP contribution is 2.15. The molecule has 1 atom stereocenters. The molecule has 2 aromatic heterocycles. The smallest absolute Gasteiger partial charge is 0.267 e. The van der Waals surface area contributed by atoms with Gasteiger partial charge >= 0.3 is 0 Å². The Morgan fingerprint density at radius 3 is 2.56 bits per heavy atom. The molecular formula is C19H19N5O3. The molecule has 3 rings (SSSR count). The number of amides is 1. The molecule has 1 aromatic carbocycles. The zero-order valence-corrected chi connectivity index (χ0v) is 14.8. The number of carbonyl (C=O) groups excluding carboxylic acids is 1. The van der Waals surface area contributed by atoms with E-state index in [4.69, 9.17) is 0 Å².